The second kappa shape index (κ2) is 10.5. The summed E-state index contributed by atoms with van der Waals surface area (Å²) in [5.41, 5.74) is 3.11. The Morgan fingerprint density at radius 2 is 1.70 bits per heavy atom. The maximum Gasteiger partial charge on any atom is 0.417 e. The van der Waals surface area contributed by atoms with E-state index in [9.17, 15) is 9.59 Å². The van der Waals surface area contributed by atoms with Gasteiger partial charge >= 0.3 is 11.8 Å². The molecule has 1 amide bonds. The van der Waals surface area contributed by atoms with Crippen LogP contribution in [0, 0.1) is 0 Å². The first-order valence-corrected chi connectivity index (χ1v) is 13.1. The Labute approximate surface area is 216 Å². The van der Waals surface area contributed by atoms with Gasteiger partial charge in [-0.15, -0.1) is 0 Å². The smallest absolute Gasteiger partial charge is 0.417 e. The van der Waals surface area contributed by atoms with Crippen LogP contribution in [0.2, 0.25) is 0 Å². The van der Waals surface area contributed by atoms with Crippen LogP contribution < -0.4 is 15.4 Å². The molecule has 5 rings (SSSR count). The Bertz CT molecular complexity index is 1260. The number of benzene rings is 2. The summed E-state index contributed by atoms with van der Waals surface area (Å²) >= 11 is 0. The fourth-order valence-corrected chi connectivity index (χ4v) is 4.96. The first-order valence-electron chi connectivity index (χ1n) is 13.1. The molecule has 0 saturated carbocycles. The minimum absolute atomic E-state index is 0.103. The van der Waals surface area contributed by atoms with Crippen molar-refractivity contribution in [2.24, 2.45) is 0 Å². The molecule has 198 valence electrons. The summed E-state index contributed by atoms with van der Waals surface area (Å²) in [6, 6.07) is 14.2. The molecule has 37 heavy (non-hydrogen) atoms. The van der Waals surface area contributed by atoms with Crippen molar-refractivity contribution in [2.75, 3.05) is 44.2 Å². The summed E-state index contributed by atoms with van der Waals surface area (Å²) in [5, 5.41) is 0. The van der Waals surface area contributed by atoms with Crippen LogP contribution in [-0.4, -0.2) is 71.9 Å². The van der Waals surface area contributed by atoms with Gasteiger partial charge in [0.2, 0.25) is 0 Å². The van der Waals surface area contributed by atoms with E-state index >= 15 is 0 Å². The van der Waals surface area contributed by atoms with Gasteiger partial charge in [0.15, 0.2) is 5.58 Å². The average molecular weight is 509 g/mol. The maximum atomic E-state index is 12.3. The largest absolute Gasteiger partial charge is 0.490 e. The number of likely N-dealkylation sites (tertiary alicyclic amines) is 1. The number of aromatic nitrogens is 1. The number of rotatable bonds is 5. The van der Waals surface area contributed by atoms with Gasteiger partial charge in [0.1, 0.15) is 17.5 Å². The van der Waals surface area contributed by atoms with Crippen molar-refractivity contribution in [3.63, 3.8) is 0 Å². The quantitative estimate of drug-likeness (QED) is 0.552. The molecule has 0 aliphatic carbocycles. The Morgan fingerprint density at radius 1 is 1.00 bits per heavy atom. The lowest BCUT2D eigenvalue weighted by atomic mass is 10.1. The monoisotopic (exact) mass is 508 g/mol. The highest BCUT2D eigenvalue weighted by Crippen LogP contribution is 2.26. The molecule has 0 unspecified atom stereocenters. The van der Waals surface area contributed by atoms with Crippen LogP contribution in [0.15, 0.2) is 51.7 Å². The van der Waals surface area contributed by atoms with Gasteiger partial charge < -0.3 is 23.7 Å². The topological polar surface area (TPSA) is 91.2 Å². The molecule has 1 N–H and O–H groups in total. The molecular weight excluding hydrogens is 472 g/mol. The molecule has 2 aliphatic rings. The van der Waals surface area contributed by atoms with Crippen LogP contribution in [0.5, 0.6) is 5.75 Å². The standard InChI is InChI=1S/C28H36N4O5/c1-28(2,3)37-27(34)32-13-11-22(12-14-32)35-21-9-7-20(8-10-21)19-30-15-17-31(18-16-30)24-6-4-5-23-25(24)36-26(33)29-23/h4-10,22H,11-19H2,1-3H3,(H,29,33). The van der Waals surface area contributed by atoms with Crippen molar-refractivity contribution in [3.05, 3.63) is 58.6 Å². The van der Waals surface area contributed by atoms with E-state index in [1.807, 2.05) is 51.1 Å². The zero-order valence-electron chi connectivity index (χ0n) is 21.9. The predicted octanol–water partition coefficient (Wildman–Crippen LogP) is 4.22. The molecule has 2 aromatic carbocycles. The number of hydrogen-bond donors (Lipinski definition) is 1. The van der Waals surface area contributed by atoms with E-state index in [4.69, 9.17) is 13.9 Å². The number of fused-ring (bicyclic) bond motifs is 1. The minimum Gasteiger partial charge on any atom is -0.490 e. The molecule has 2 fully saturated rings. The molecule has 0 spiro atoms. The summed E-state index contributed by atoms with van der Waals surface area (Å²) in [7, 11) is 0. The molecule has 9 nitrogen and oxygen atoms in total. The van der Waals surface area contributed by atoms with E-state index in [1.54, 1.807) is 4.90 Å². The summed E-state index contributed by atoms with van der Waals surface area (Å²) in [6.07, 6.45) is 1.45. The lowest BCUT2D eigenvalue weighted by molar-refractivity contribution is 0.0126. The molecular formula is C28H36N4O5. The number of nitrogens with one attached hydrogen (secondary N) is 1. The Balaban J connectivity index is 1.08. The lowest BCUT2D eigenvalue weighted by Gasteiger charge is -2.36. The maximum absolute atomic E-state index is 12.3. The van der Waals surface area contributed by atoms with E-state index in [-0.39, 0.29) is 12.2 Å². The van der Waals surface area contributed by atoms with Crippen molar-refractivity contribution in [3.8, 4) is 5.75 Å². The van der Waals surface area contributed by atoms with E-state index in [0.29, 0.717) is 18.7 Å². The summed E-state index contributed by atoms with van der Waals surface area (Å²) < 4.78 is 17.0. The van der Waals surface area contributed by atoms with E-state index in [0.717, 1.165) is 62.5 Å². The number of oxazole rings is 1. The second-order valence-electron chi connectivity index (χ2n) is 10.9. The number of piperazine rings is 1. The van der Waals surface area contributed by atoms with Gasteiger partial charge in [-0.1, -0.05) is 18.2 Å². The van der Waals surface area contributed by atoms with Crippen LogP contribution in [-0.2, 0) is 11.3 Å². The number of amides is 1. The normalized spacial score (nSPS) is 17.8. The molecule has 0 atom stereocenters. The number of H-pyrrole nitrogens is 1. The molecule has 1 aromatic heterocycles. The average Bonchev–Trinajstić information content (AvgIpc) is 3.25. The fraction of sp³-hybridized carbons (Fsp3) is 0.500. The predicted molar refractivity (Wildman–Crippen MR) is 142 cm³/mol. The number of aromatic amines is 1. The third kappa shape index (κ3) is 6.28. The number of hydrogen-bond acceptors (Lipinski definition) is 7. The highest BCUT2D eigenvalue weighted by Gasteiger charge is 2.27. The van der Waals surface area contributed by atoms with Gasteiger partial charge in [0, 0.05) is 58.7 Å². The molecule has 2 saturated heterocycles. The second-order valence-corrected chi connectivity index (χ2v) is 10.9. The summed E-state index contributed by atoms with van der Waals surface area (Å²) in [6.45, 7) is 11.4. The summed E-state index contributed by atoms with van der Waals surface area (Å²) in [4.78, 5) is 33.1. The highest BCUT2D eigenvalue weighted by atomic mass is 16.6. The molecule has 3 heterocycles. The lowest BCUT2D eigenvalue weighted by Crippen LogP contribution is -2.46. The van der Waals surface area contributed by atoms with Gasteiger partial charge in [-0.05, 0) is 50.6 Å². The van der Waals surface area contributed by atoms with Gasteiger partial charge in [0.25, 0.3) is 0 Å². The van der Waals surface area contributed by atoms with Crippen molar-refractivity contribution >= 4 is 22.9 Å². The third-order valence-electron chi connectivity index (χ3n) is 6.86. The summed E-state index contributed by atoms with van der Waals surface area (Å²) in [5.74, 6) is 0.449. The van der Waals surface area contributed by atoms with E-state index in [2.05, 4.69) is 26.9 Å². The van der Waals surface area contributed by atoms with Crippen molar-refractivity contribution < 1.29 is 18.7 Å². The van der Waals surface area contributed by atoms with Gasteiger partial charge in [-0.3, -0.25) is 9.88 Å². The molecule has 2 aliphatic heterocycles. The fourth-order valence-electron chi connectivity index (χ4n) is 4.96. The van der Waals surface area contributed by atoms with E-state index in [1.165, 1.54) is 5.56 Å². The van der Waals surface area contributed by atoms with Crippen LogP contribution in [0.1, 0.15) is 39.2 Å². The first-order chi connectivity index (χ1) is 17.7. The number of ether oxygens (including phenoxy) is 2. The first kappa shape index (κ1) is 25.2. The SMILES string of the molecule is CC(C)(C)OC(=O)N1CCC(Oc2ccc(CN3CCN(c4cccc5[nH]c(=O)oc45)CC3)cc2)CC1. The number of anilines is 1. The van der Waals surface area contributed by atoms with Crippen molar-refractivity contribution in [1.82, 2.24) is 14.8 Å². The van der Waals surface area contributed by atoms with Gasteiger partial charge in [-0.2, -0.15) is 0 Å². The number of carbonyl (C=O) groups excluding carboxylic acids is 1. The van der Waals surface area contributed by atoms with E-state index < -0.39 is 11.4 Å². The van der Waals surface area contributed by atoms with Crippen LogP contribution in [0.4, 0.5) is 10.5 Å². The van der Waals surface area contributed by atoms with Crippen LogP contribution >= 0.6 is 0 Å². The highest BCUT2D eigenvalue weighted by molar-refractivity contribution is 5.86. The molecule has 0 radical (unpaired) electrons. The van der Waals surface area contributed by atoms with Crippen molar-refractivity contribution in [1.29, 1.82) is 0 Å². The van der Waals surface area contributed by atoms with Crippen LogP contribution in [0.25, 0.3) is 11.1 Å². The molecule has 0 bridgehead atoms. The number of carbonyl (C=O) groups is 1. The molecule has 3 aromatic rings. The van der Waals surface area contributed by atoms with Crippen molar-refractivity contribution in [2.45, 2.75) is 51.9 Å². The Morgan fingerprint density at radius 3 is 2.38 bits per heavy atom. The number of para-hydroxylation sites is 1. The van der Waals surface area contributed by atoms with Gasteiger partial charge in [-0.25, -0.2) is 9.59 Å². The zero-order valence-corrected chi connectivity index (χ0v) is 21.9. The third-order valence-corrected chi connectivity index (χ3v) is 6.86. The van der Waals surface area contributed by atoms with Gasteiger partial charge in [0.05, 0.1) is 11.2 Å². The number of piperidine rings is 1. The molecule has 9 heteroatoms. The Hall–Kier alpha value is -3.46. The minimum atomic E-state index is -0.476. The number of nitrogens with zero attached hydrogens (tertiary/aromatic N) is 3. The Kier molecular flexibility index (Phi) is 7.15. The zero-order chi connectivity index (χ0) is 26.0. The van der Waals surface area contributed by atoms with Crippen LogP contribution in [0.3, 0.4) is 0 Å².